The molecule has 1 heterocycles. The highest BCUT2D eigenvalue weighted by molar-refractivity contribution is 5.94. The number of nitrogens with one attached hydrogen (secondary N) is 1. The molecule has 0 spiro atoms. The number of methoxy groups -OCH3 is 1. The molecule has 2 atom stereocenters. The van der Waals surface area contributed by atoms with Crippen LogP contribution in [0.2, 0.25) is 0 Å². The SMILES string of the molecule is COc1ccc(NC(=O)C2Cc3ccccc3C2c2ccc3c(c2)OCO3)cc1. The van der Waals surface area contributed by atoms with Crippen molar-refractivity contribution in [3.63, 3.8) is 0 Å². The maximum Gasteiger partial charge on any atom is 0.231 e. The van der Waals surface area contributed by atoms with Crippen LogP contribution in [-0.4, -0.2) is 19.8 Å². The number of amides is 1. The summed E-state index contributed by atoms with van der Waals surface area (Å²) in [5, 5.41) is 3.07. The lowest BCUT2D eigenvalue weighted by atomic mass is 9.85. The van der Waals surface area contributed by atoms with Gasteiger partial charge in [0.25, 0.3) is 0 Å². The van der Waals surface area contributed by atoms with Gasteiger partial charge in [0.1, 0.15) is 5.75 Å². The fourth-order valence-corrected chi connectivity index (χ4v) is 4.27. The summed E-state index contributed by atoms with van der Waals surface area (Å²) in [5.74, 6) is 2.03. The third-order valence-electron chi connectivity index (χ3n) is 5.68. The van der Waals surface area contributed by atoms with Crippen LogP contribution in [0.25, 0.3) is 0 Å². The average Bonchev–Trinajstić information content (AvgIpc) is 3.38. The van der Waals surface area contributed by atoms with Crippen LogP contribution in [0.4, 0.5) is 5.69 Å². The molecule has 1 N–H and O–H groups in total. The second-order valence-corrected chi connectivity index (χ2v) is 7.32. The summed E-state index contributed by atoms with van der Waals surface area (Å²) in [7, 11) is 1.62. The fraction of sp³-hybridized carbons (Fsp3) is 0.208. The number of benzene rings is 3. The summed E-state index contributed by atoms with van der Waals surface area (Å²) in [6.45, 7) is 0.238. The van der Waals surface area contributed by atoms with Gasteiger partial charge in [-0.2, -0.15) is 0 Å². The first-order valence-corrected chi connectivity index (χ1v) is 9.65. The van der Waals surface area contributed by atoms with Crippen molar-refractivity contribution >= 4 is 11.6 Å². The molecule has 1 aliphatic heterocycles. The fourth-order valence-electron chi connectivity index (χ4n) is 4.27. The highest BCUT2D eigenvalue weighted by Gasteiger charge is 2.38. The number of carbonyl (C=O) groups excluding carboxylic acids is 1. The van der Waals surface area contributed by atoms with Gasteiger partial charge in [-0.1, -0.05) is 30.3 Å². The first-order valence-electron chi connectivity index (χ1n) is 9.65. The van der Waals surface area contributed by atoms with Crippen LogP contribution in [0.1, 0.15) is 22.6 Å². The molecule has 3 aromatic rings. The lowest BCUT2D eigenvalue weighted by Crippen LogP contribution is -2.26. The Morgan fingerprint density at radius 2 is 1.79 bits per heavy atom. The van der Waals surface area contributed by atoms with E-state index in [1.807, 2.05) is 54.6 Å². The molecule has 0 saturated heterocycles. The number of carbonyl (C=O) groups is 1. The average molecular weight is 387 g/mol. The van der Waals surface area contributed by atoms with E-state index in [-0.39, 0.29) is 24.5 Å². The van der Waals surface area contributed by atoms with Gasteiger partial charge in [-0.25, -0.2) is 0 Å². The van der Waals surface area contributed by atoms with Gasteiger partial charge in [-0.15, -0.1) is 0 Å². The summed E-state index contributed by atoms with van der Waals surface area (Å²) in [6, 6.07) is 21.6. The van der Waals surface area contributed by atoms with E-state index in [4.69, 9.17) is 14.2 Å². The van der Waals surface area contributed by atoms with Crippen LogP contribution in [0.3, 0.4) is 0 Å². The monoisotopic (exact) mass is 387 g/mol. The Labute approximate surface area is 169 Å². The summed E-state index contributed by atoms with van der Waals surface area (Å²) >= 11 is 0. The Hall–Kier alpha value is -3.47. The van der Waals surface area contributed by atoms with Crippen molar-refractivity contribution in [1.29, 1.82) is 0 Å². The number of rotatable bonds is 4. The van der Waals surface area contributed by atoms with E-state index in [1.165, 1.54) is 11.1 Å². The second kappa shape index (κ2) is 7.17. The van der Waals surface area contributed by atoms with E-state index < -0.39 is 0 Å². The zero-order valence-electron chi connectivity index (χ0n) is 16.1. The second-order valence-electron chi connectivity index (χ2n) is 7.32. The van der Waals surface area contributed by atoms with Crippen molar-refractivity contribution in [2.75, 3.05) is 19.2 Å². The smallest absolute Gasteiger partial charge is 0.231 e. The summed E-state index contributed by atoms with van der Waals surface area (Å²) in [4.78, 5) is 13.3. The van der Waals surface area contributed by atoms with Gasteiger partial charge in [0.15, 0.2) is 11.5 Å². The van der Waals surface area contributed by atoms with Gasteiger partial charge in [-0.05, 0) is 59.5 Å². The van der Waals surface area contributed by atoms with Crippen LogP contribution in [0.15, 0.2) is 66.7 Å². The molecular weight excluding hydrogens is 366 g/mol. The molecule has 1 aliphatic carbocycles. The maximum absolute atomic E-state index is 13.3. The zero-order valence-corrected chi connectivity index (χ0v) is 16.1. The van der Waals surface area contributed by atoms with E-state index in [2.05, 4.69) is 17.4 Å². The Kier molecular flexibility index (Phi) is 4.35. The van der Waals surface area contributed by atoms with Gasteiger partial charge in [-0.3, -0.25) is 4.79 Å². The van der Waals surface area contributed by atoms with Crippen molar-refractivity contribution in [3.8, 4) is 17.2 Å². The number of fused-ring (bicyclic) bond motifs is 2. The zero-order chi connectivity index (χ0) is 19.8. The van der Waals surface area contributed by atoms with Gasteiger partial charge >= 0.3 is 0 Å². The minimum atomic E-state index is -0.199. The number of hydrogen-bond donors (Lipinski definition) is 1. The molecule has 2 unspecified atom stereocenters. The van der Waals surface area contributed by atoms with Gasteiger partial charge in [0.2, 0.25) is 12.7 Å². The Morgan fingerprint density at radius 3 is 2.62 bits per heavy atom. The van der Waals surface area contributed by atoms with Crippen molar-refractivity contribution in [3.05, 3.63) is 83.4 Å². The lowest BCUT2D eigenvalue weighted by molar-refractivity contribution is -0.120. The van der Waals surface area contributed by atoms with E-state index in [1.54, 1.807) is 7.11 Å². The molecular formula is C24H21NO4. The summed E-state index contributed by atoms with van der Waals surface area (Å²) in [6.07, 6.45) is 0.706. The van der Waals surface area contributed by atoms with Crippen molar-refractivity contribution in [2.45, 2.75) is 12.3 Å². The Bertz CT molecular complexity index is 1060. The lowest BCUT2D eigenvalue weighted by Gasteiger charge is -2.21. The maximum atomic E-state index is 13.3. The highest BCUT2D eigenvalue weighted by Crippen LogP contribution is 2.45. The van der Waals surface area contributed by atoms with E-state index >= 15 is 0 Å². The van der Waals surface area contributed by atoms with E-state index in [0.717, 1.165) is 28.5 Å². The molecule has 0 radical (unpaired) electrons. The Balaban J connectivity index is 1.47. The van der Waals surface area contributed by atoms with Crippen LogP contribution in [0, 0.1) is 5.92 Å². The van der Waals surface area contributed by atoms with Gasteiger partial charge < -0.3 is 19.5 Å². The minimum Gasteiger partial charge on any atom is -0.497 e. The molecule has 5 heteroatoms. The predicted molar refractivity (Wildman–Crippen MR) is 110 cm³/mol. The molecule has 3 aromatic carbocycles. The molecule has 1 amide bonds. The summed E-state index contributed by atoms with van der Waals surface area (Å²) in [5.41, 5.74) is 4.23. The molecule has 0 saturated carbocycles. The number of hydrogen-bond acceptors (Lipinski definition) is 4. The normalized spacial score (nSPS) is 18.9. The van der Waals surface area contributed by atoms with Crippen molar-refractivity contribution in [2.24, 2.45) is 5.92 Å². The quantitative estimate of drug-likeness (QED) is 0.722. The molecule has 146 valence electrons. The number of anilines is 1. The van der Waals surface area contributed by atoms with E-state index in [9.17, 15) is 4.79 Å². The first-order chi connectivity index (χ1) is 14.2. The third kappa shape index (κ3) is 3.18. The molecule has 0 aromatic heterocycles. The number of ether oxygens (including phenoxy) is 3. The highest BCUT2D eigenvalue weighted by atomic mass is 16.7. The molecule has 5 nitrogen and oxygen atoms in total. The largest absolute Gasteiger partial charge is 0.497 e. The molecule has 0 fully saturated rings. The molecule has 0 bridgehead atoms. The van der Waals surface area contributed by atoms with Crippen LogP contribution >= 0.6 is 0 Å². The first kappa shape index (κ1) is 17.6. The van der Waals surface area contributed by atoms with Crippen LogP contribution < -0.4 is 19.5 Å². The standard InChI is InChI=1S/C24H21NO4/c1-27-18-9-7-17(8-10-18)25-24(26)20-12-15-4-2-3-5-19(15)23(20)16-6-11-21-22(13-16)29-14-28-21/h2-11,13,20,23H,12,14H2,1H3,(H,25,26). The molecule has 2 aliphatic rings. The Morgan fingerprint density at radius 1 is 1.00 bits per heavy atom. The van der Waals surface area contributed by atoms with E-state index in [0.29, 0.717) is 6.42 Å². The summed E-state index contributed by atoms with van der Waals surface area (Å²) < 4.78 is 16.2. The van der Waals surface area contributed by atoms with Gasteiger partial charge in [0, 0.05) is 11.6 Å². The van der Waals surface area contributed by atoms with Crippen molar-refractivity contribution < 1.29 is 19.0 Å². The minimum absolute atomic E-state index is 0.00836. The molecule has 5 rings (SSSR count). The van der Waals surface area contributed by atoms with Crippen LogP contribution in [-0.2, 0) is 11.2 Å². The molecule has 29 heavy (non-hydrogen) atoms. The third-order valence-corrected chi connectivity index (χ3v) is 5.68. The predicted octanol–water partition coefficient (Wildman–Crippen LogP) is 4.37. The topological polar surface area (TPSA) is 56.8 Å². The van der Waals surface area contributed by atoms with Gasteiger partial charge in [0.05, 0.1) is 13.0 Å². The van der Waals surface area contributed by atoms with Crippen LogP contribution in [0.5, 0.6) is 17.2 Å². The van der Waals surface area contributed by atoms with Crippen molar-refractivity contribution in [1.82, 2.24) is 0 Å².